The fourth-order valence-corrected chi connectivity index (χ4v) is 3.30. The second-order valence-electron chi connectivity index (χ2n) is 6.63. The zero-order valence-corrected chi connectivity index (χ0v) is 15.0. The molecule has 0 spiro atoms. The molecule has 2 nitrogen and oxygen atoms in total. The molecule has 1 heterocycles. The molecule has 0 amide bonds. The molecule has 0 aliphatic heterocycles. The van der Waals surface area contributed by atoms with Crippen LogP contribution < -0.4 is 5.32 Å². The molecule has 0 bridgehead atoms. The van der Waals surface area contributed by atoms with Crippen molar-refractivity contribution in [2.75, 3.05) is 6.54 Å². The largest absolute Gasteiger partial charge is 0.343 e. The summed E-state index contributed by atoms with van der Waals surface area (Å²) in [6.07, 6.45) is 7.25. The predicted molar refractivity (Wildman–Crippen MR) is 103 cm³/mol. The van der Waals surface area contributed by atoms with Crippen LogP contribution >= 0.6 is 0 Å². The van der Waals surface area contributed by atoms with E-state index in [0.29, 0.717) is 6.54 Å². The van der Waals surface area contributed by atoms with E-state index in [0.717, 1.165) is 24.2 Å². The number of halogens is 1. The highest BCUT2D eigenvalue weighted by Gasteiger charge is 2.09. The number of nitrogens with one attached hydrogen (secondary N) is 1. The van der Waals surface area contributed by atoms with Crippen molar-refractivity contribution >= 4 is 10.9 Å². The molecule has 3 rings (SSSR count). The Morgan fingerprint density at radius 1 is 0.920 bits per heavy atom. The standard InChI is InChI=1S/C22H27FN2/c1-2-3-4-9-14-24-15-19-17-25(22-13-8-6-11-20(19)22)16-18-10-5-7-12-21(18)23/h5-8,10-13,17,24H,2-4,9,14-16H2,1H3. The van der Waals surface area contributed by atoms with Crippen molar-refractivity contribution in [3.8, 4) is 0 Å². The summed E-state index contributed by atoms with van der Waals surface area (Å²) in [7, 11) is 0. The summed E-state index contributed by atoms with van der Waals surface area (Å²) in [5, 5.41) is 4.80. The average Bonchev–Trinajstić information content (AvgIpc) is 2.98. The lowest BCUT2D eigenvalue weighted by molar-refractivity contribution is 0.595. The SMILES string of the molecule is CCCCCCNCc1cn(Cc2ccccc2F)c2ccccc12. The van der Waals surface area contributed by atoms with Crippen molar-refractivity contribution < 1.29 is 4.39 Å². The van der Waals surface area contributed by atoms with Crippen molar-refractivity contribution in [3.63, 3.8) is 0 Å². The third-order valence-electron chi connectivity index (χ3n) is 4.69. The van der Waals surface area contributed by atoms with Crippen molar-refractivity contribution in [2.24, 2.45) is 0 Å². The quantitative estimate of drug-likeness (QED) is 0.510. The van der Waals surface area contributed by atoms with E-state index in [1.54, 1.807) is 6.07 Å². The van der Waals surface area contributed by atoms with E-state index in [1.165, 1.54) is 42.7 Å². The molecule has 0 saturated heterocycles. The van der Waals surface area contributed by atoms with Gasteiger partial charge in [0.1, 0.15) is 5.82 Å². The molecule has 0 unspecified atom stereocenters. The van der Waals surface area contributed by atoms with E-state index in [-0.39, 0.29) is 5.82 Å². The Balaban J connectivity index is 1.73. The van der Waals surface area contributed by atoms with Gasteiger partial charge in [-0.3, -0.25) is 0 Å². The third kappa shape index (κ3) is 4.49. The summed E-state index contributed by atoms with van der Waals surface area (Å²) in [6, 6.07) is 15.4. The Morgan fingerprint density at radius 3 is 2.56 bits per heavy atom. The van der Waals surface area contributed by atoms with Gasteiger partial charge in [-0.05, 0) is 30.7 Å². The second kappa shape index (κ2) is 8.82. The topological polar surface area (TPSA) is 17.0 Å². The molecule has 1 aromatic heterocycles. The minimum atomic E-state index is -0.143. The minimum Gasteiger partial charge on any atom is -0.343 e. The number of para-hydroxylation sites is 1. The first-order chi connectivity index (χ1) is 12.3. The summed E-state index contributed by atoms with van der Waals surface area (Å²) >= 11 is 0. The average molecular weight is 338 g/mol. The maximum absolute atomic E-state index is 14.0. The summed E-state index contributed by atoms with van der Waals surface area (Å²) < 4.78 is 16.2. The van der Waals surface area contributed by atoms with Crippen LogP contribution in [0.25, 0.3) is 10.9 Å². The first-order valence-corrected chi connectivity index (χ1v) is 9.30. The lowest BCUT2D eigenvalue weighted by atomic mass is 10.1. The number of unbranched alkanes of at least 4 members (excludes halogenated alkanes) is 3. The van der Waals surface area contributed by atoms with E-state index in [4.69, 9.17) is 0 Å². The van der Waals surface area contributed by atoms with Crippen LogP contribution in [0.1, 0.15) is 43.7 Å². The van der Waals surface area contributed by atoms with Crippen molar-refractivity contribution in [1.82, 2.24) is 9.88 Å². The molecule has 0 radical (unpaired) electrons. The molecule has 0 aliphatic carbocycles. The molecule has 3 aromatic rings. The van der Waals surface area contributed by atoms with Crippen LogP contribution in [0, 0.1) is 5.82 Å². The Hall–Kier alpha value is -2.13. The highest BCUT2D eigenvalue weighted by atomic mass is 19.1. The van der Waals surface area contributed by atoms with Crippen LogP contribution in [0.2, 0.25) is 0 Å². The minimum absolute atomic E-state index is 0.143. The first kappa shape index (κ1) is 17.7. The summed E-state index contributed by atoms with van der Waals surface area (Å²) in [5.74, 6) is -0.143. The van der Waals surface area contributed by atoms with Gasteiger partial charge < -0.3 is 9.88 Å². The van der Waals surface area contributed by atoms with Gasteiger partial charge in [0.05, 0.1) is 6.54 Å². The lowest BCUT2D eigenvalue weighted by Crippen LogP contribution is -2.14. The molecular weight excluding hydrogens is 311 g/mol. The highest BCUT2D eigenvalue weighted by molar-refractivity contribution is 5.84. The Morgan fingerprint density at radius 2 is 1.72 bits per heavy atom. The highest BCUT2D eigenvalue weighted by Crippen LogP contribution is 2.23. The van der Waals surface area contributed by atoms with Crippen molar-refractivity contribution in [1.29, 1.82) is 0 Å². The summed E-state index contributed by atoms with van der Waals surface area (Å²) in [6.45, 7) is 4.70. The van der Waals surface area contributed by atoms with Crippen LogP contribution in [0.5, 0.6) is 0 Å². The smallest absolute Gasteiger partial charge is 0.128 e. The summed E-state index contributed by atoms with van der Waals surface area (Å²) in [5.41, 5.74) is 3.17. The fourth-order valence-electron chi connectivity index (χ4n) is 3.30. The van der Waals surface area contributed by atoms with Crippen LogP contribution in [0.15, 0.2) is 54.7 Å². The predicted octanol–water partition coefficient (Wildman–Crippen LogP) is 5.50. The zero-order valence-electron chi connectivity index (χ0n) is 15.0. The van der Waals surface area contributed by atoms with Gasteiger partial charge in [-0.15, -0.1) is 0 Å². The third-order valence-corrected chi connectivity index (χ3v) is 4.69. The van der Waals surface area contributed by atoms with Crippen LogP contribution in [0.3, 0.4) is 0 Å². The molecule has 25 heavy (non-hydrogen) atoms. The van der Waals surface area contributed by atoms with Gasteiger partial charge in [0, 0.05) is 29.2 Å². The lowest BCUT2D eigenvalue weighted by Gasteiger charge is -2.06. The molecule has 0 saturated carbocycles. The number of benzene rings is 2. The number of rotatable bonds is 9. The van der Waals surface area contributed by atoms with Crippen molar-refractivity contribution in [2.45, 2.75) is 45.7 Å². The van der Waals surface area contributed by atoms with Crippen molar-refractivity contribution in [3.05, 3.63) is 71.7 Å². The van der Waals surface area contributed by atoms with Gasteiger partial charge in [-0.25, -0.2) is 4.39 Å². The summed E-state index contributed by atoms with van der Waals surface area (Å²) in [4.78, 5) is 0. The van der Waals surface area contributed by atoms with Crippen LogP contribution in [-0.2, 0) is 13.1 Å². The van der Waals surface area contributed by atoms with E-state index >= 15 is 0 Å². The normalized spacial score (nSPS) is 11.3. The molecule has 132 valence electrons. The number of hydrogen-bond donors (Lipinski definition) is 1. The van der Waals surface area contributed by atoms with Gasteiger partial charge in [0.2, 0.25) is 0 Å². The first-order valence-electron chi connectivity index (χ1n) is 9.30. The molecule has 0 aliphatic rings. The molecule has 1 N–H and O–H groups in total. The number of fused-ring (bicyclic) bond motifs is 1. The zero-order chi connectivity index (χ0) is 17.5. The molecular formula is C22H27FN2. The molecule has 0 fully saturated rings. The number of aromatic nitrogens is 1. The van der Waals surface area contributed by atoms with Gasteiger partial charge >= 0.3 is 0 Å². The van der Waals surface area contributed by atoms with E-state index in [2.05, 4.69) is 41.2 Å². The Labute approximate surface area is 149 Å². The van der Waals surface area contributed by atoms with Gasteiger partial charge in [0.15, 0.2) is 0 Å². The molecule has 3 heteroatoms. The fraction of sp³-hybridized carbons (Fsp3) is 0.364. The maximum Gasteiger partial charge on any atom is 0.128 e. The monoisotopic (exact) mass is 338 g/mol. The van der Waals surface area contributed by atoms with Crippen LogP contribution in [-0.4, -0.2) is 11.1 Å². The maximum atomic E-state index is 14.0. The number of hydrogen-bond acceptors (Lipinski definition) is 1. The van der Waals surface area contributed by atoms with Gasteiger partial charge in [-0.2, -0.15) is 0 Å². The van der Waals surface area contributed by atoms with E-state index < -0.39 is 0 Å². The Kier molecular flexibility index (Phi) is 6.24. The van der Waals surface area contributed by atoms with Crippen LogP contribution in [0.4, 0.5) is 4.39 Å². The Bertz CT molecular complexity index is 807. The van der Waals surface area contributed by atoms with Gasteiger partial charge in [-0.1, -0.05) is 62.6 Å². The van der Waals surface area contributed by atoms with E-state index in [9.17, 15) is 4.39 Å². The second-order valence-corrected chi connectivity index (χ2v) is 6.63. The molecule has 2 aromatic carbocycles. The number of nitrogens with zero attached hydrogens (tertiary/aromatic N) is 1. The van der Waals surface area contributed by atoms with E-state index in [1.807, 2.05) is 18.2 Å². The molecule has 0 atom stereocenters. The van der Waals surface area contributed by atoms with Gasteiger partial charge in [0.25, 0.3) is 0 Å².